The Kier molecular flexibility index (Phi) is 4.52. The summed E-state index contributed by atoms with van der Waals surface area (Å²) < 4.78 is 43.8. The monoisotopic (exact) mass is 407 g/mol. The molecule has 1 aliphatic carbocycles. The van der Waals surface area contributed by atoms with Crippen molar-refractivity contribution < 1.29 is 22.4 Å². The number of ether oxygens (including phenoxy) is 2. The van der Waals surface area contributed by atoms with E-state index in [-0.39, 0.29) is 4.90 Å². The summed E-state index contributed by atoms with van der Waals surface area (Å²) in [7, 11) is -0.899. The molecule has 1 saturated carbocycles. The van der Waals surface area contributed by atoms with Gasteiger partial charge in [0, 0.05) is 12.0 Å². The summed E-state index contributed by atoms with van der Waals surface area (Å²) in [4.78, 5) is 5.03. The van der Waals surface area contributed by atoms with Gasteiger partial charge < -0.3 is 14.0 Å². The average molecular weight is 407 g/mol. The second-order valence-electron chi connectivity index (χ2n) is 6.02. The molecule has 0 unspecified atom stereocenters. The van der Waals surface area contributed by atoms with Crippen LogP contribution in [0.4, 0.5) is 5.69 Å². The van der Waals surface area contributed by atoms with Crippen molar-refractivity contribution in [2.45, 2.75) is 23.7 Å². The third kappa shape index (κ3) is 3.50. The van der Waals surface area contributed by atoms with Crippen molar-refractivity contribution in [1.82, 2.24) is 10.1 Å². The fourth-order valence-corrected chi connectivity index (χ4v) is 4.50. The summed E-state index contributed by atoms with van der Waals surface area (Å²) in [6.07, 6.45) is 2.12. The van der Waals surface area contributed by atoms with E-state index >= 15 is 0 Å². The van der Waals surface area contributed by atoms with E-state index in [4.69, 9.17) is 14.0 Å². The normalized spacial score (nSPS) is 14.1. The molecule has 2 aromatic heterocycles. The van der Waals surface area contributed by atoms with E-state index in [0.717, 1.165) is 12.8 Å². The lowest BCUT2D eigenvalue weighted by Gasteiger charge is -2.11. The highest BCUT2D eigenvalue weighted by molar-refractivity contribution is 7.92. The van der Waals surface area contributed by atoms with Crippen LogP contribution in [0.5, 0.6) is 11.5 Å². The fourth-order valence-electron chi connectivity index (χ4n) is 2.58. The van der Waals surface area contributed by atoms with E-state index in [1.807, 2.05) is 0 Å². The predicted molar refractivity (Wildman–Crippen MR) is 99.9 cm³/mol. The zero-order chi connectivity index (χ0) is 19.0. The summed E-state index contributed by atoms with van der Waals surface area (Å²) in [6, 6.07) is 6.07. The lowest BCUT2D eigenvalue weighted by Crippen LogP contribution is -2.13. The minimum Gasteiger partial charge on any atom is -0.493 e. The maximum atomic E-state index is 12.8. The summed E-state index contributed by atoms with van der Waals surface area (Å²) >= 11 is 1.33. The second kappa shape index (κ2) is 6.86. The van der Waals surface area contributed by atoms with Gasteiger partial charge in [0.2, 0.25) is 0 Å². The number of sulfonamides is 1. The Morgan fingerprint density at radius 2 is 1.96 bits per heavy atom. The van der Waals surface area contributed by atoms with Crippen molar-refractivity contribution in [2.24, 2.45) is 0 Å². The van der Waals surface area contributed by atoms with Crippen LogP contribution in [0.25, 0.3) is 10.8 Å². The molecule has 10 heteroatoms. The standard InChI is InChI=1S/C17H17N3O5S2/c1-23-13-6-5-11(9-14(13)24-2)27(21,22)20-12-7-8-26-15(12)17-18-16(19-25-17)10-3-4-10/h5-10,20H,3-4H2,1-2H3. The molecule has 0 radical (unpaired) electrons. The van der Waals surface area contributed by atoms with Gasteiger partial charge in [-0.15, -0.1) is 11.3 Å². The molecule has 1 aromatic carbocycles. The Bertz CT molecular complexity index is 1070. The molecule has 3 aromatic rings. The number of methoxy groups -OCH3 is 2. The molecule has 4 rings (SSSR count). The first-order valence-corrected chi connectivity index (χ1v) is 10.5. The van der Waals surface area contributed by atoms with Crippen molar-refractivity contribution in [3.05, 3.63) is 35.5 Å². The number of nitrogens with zero attached hydrogens (tertiary/aromatic N) is 2. The van der Waals surface area contributed by atoms with E-state index in [1.54, 1.807) is 17.5 Å². The van der Waals surface area contributed by atoms with Gasteiger partial charge in [-0.3, -0.25) is 4.72 Å². The molecule has 1 N–H and O–H groups in total. The molecule has 27 heavy (non-hydrogen) atoms. The zero-order valence-corrected chi connectivity index (χ0v) is 16.3. The first kappa shape index (κ1) is 17.8. The first-order chi connectivity index (χ1) is 13.0. The number of thiophene rings is 1. The van der Waals surface area contributed by atoms with Crippen LogP contribution in [0.3, 0.4) is 0 Å². The summed E-state index contributed by atoms with van der Waals surface area (Å²) in [5.74, 6) is 2.13. The van der Waals surface area contributed by atoms with Crippen molar-refractivity contribution in [3.63, 3.8) is 0 Å². The number of rotatable bonds is 7. The van der Waals surface area contributed by atoms with Crippen LogP contribution in [0, 0.1) is 0 Å². The van der Waals surface area contributed by atoms with Crippen LogP contribution < -0.4 is 14.2 Å². The first-order valence-electron chi connectivity index (χ1n) is 8.18. The summed E-state index contributed by atoms with van der Waals surface area (Å²) in [6.45, 7) is 0. The van der Waals surface area contributed by atoms with E-state index in [1.165, 1.54) is 37.7 Å². The summed E-state index contributed by atoms with van der Waals surface area (Å²) in [5, 5.41) is 5.75. The third-order valence-corrected chi connectivity index (χ3v) is 6.42. The van der Waals surface area contributed by atoms with Gasteiger partial charge in [-0.2, -0.15) is 4.98 Å². The Hall–Kier alpha value is -2.59. The number of aromatic nitrogens is 2. The molecular weight excluding hydrogens is 390 g/mol. The van der Waals surface area contributed by atoms with Crippen LogP contribution in [0.2, 0.25) is 0 Å². The largest absolute Gasteiger partial charge is 0.493 e. The highest BCUT2D eigenvalue weighted by Crippen LogP contribution is 2.41. The molecular formula is C17H17N3O5S2. The lowest BCUT2D eigenvalue weighted by molar-refractivity contribution is 0.354. The highest BCUT2D eigenvalue weighted by Gasteiger charge is 2.30. The molecule has 0 atom stereocenters. The highest BCUT2D eigenvalue weighted by atomic mass is 32.2. The van der Waals surface area contributed by atoms with E-state index in [9.17, 15) is 8.42 Å². The molecule has 1 fully saturated rings. The maximum absolute atomic E-state index is 12.8. The van der Waals surface area contributed by atoms with Crippen molar-refractivity contribution in [3.8, 4) is 22.3 Å². The second-order valence-corrected chi connectivity index (χ2v) is 8.62. The van der Waals surface area contributed by atoms with Gasteiger partial charge in [-0.05, 0) is 36.4 Å². The van der Waals surface area contributed by atoms with Crippen LogP contribution >= 0.6 is 11.3 Å². The van der Waals surface area contributed by atoms with Crippen molar-refractivity contribution in [2.75, 3.05) is 18.9 Å². The van der Waals surface area contributed by atoms with Gasteiger partial charge in [0.1, 0.15) is 4.88 Å². The number of benzene rings is 1. The SMILES string of the molecule is COc1ccc(S(=O)(=O)Nc2ccsc2-c2nc(C3CC3)no2)cc1OC. The minimum atomic E-state index is -3.84. The van der Waals surface area contributed by atoms with Crippen molar-refractivity contribution in [1.29, 1.82) is 0 Å². The molecule has 8 nitrogen and oxygen atoms in total. The van der Waals surface area contributed by atoms with Gasteiger partial charge in [-0.1, -0.05) is 5.16 Å². The maximum Gasteiger partial charge on any atom is 0.270 e. The Balaban J connectivity index is 1.63. The molecule has 0 bridgehead atoms. The van der Waals surface area contributed by atoms with Gasteiger partial charge in [0.05, 0.1) is 24.8 Å². The van der Waals surface area contributed by atoms with E-state index in [2.05, 4.69) is 14.9 Å². The molecule has 0 aliphatic heterocycles. The molecule has 0 amide bonds. The van der Waals surface area contributed by atoms with E-state index < -0.39 is 10.0 Å². The molecule has 1 aliphatic rings. The van der Waals surface area contributed by atoms with Crippen LogP contribution in [0.1, 0.15) is 24.6 Å². The van der Waals surface area contributed by atoms with Crippen LogP contribution in [-0.2, 0) is 10.0 Å². The lowest BCUT2D eigenvalue weighted by atomic mass is 10.3. The molecule has 0 spiro atoms. The molecule has 2 heterocycles. The minimum absolute atomic E-state index is 0.0569. The zero-order valence-electron chi connectivity index (χ0n) is 14.6. The van der Waals surface area contributed by atoms with Crippen LogP contribution in [-0.4, -0.2) is 32.8 Å². The quantitative estimate of drug-likeness (QED) is 0.639. The number of nitrogens with one attached hydrogen (secondary N) is 1. The van der Waals surface area contributed by atoms with Gasteiger partial charge in [-0.25, -0.2) is 8.42 Å². The Labute approximate surface area is 160 Å². The van der Waals surface area contributed by atoms with Crippen LogP contribution in [0.15, 0.2) is 39.1 Å². The Morgan fingerprint density at radius 1 is 1.19 bits per heavy atom. The fraction of sp³-hybridized carbons (Fsp3) is 0.294. The van der Waals surface area contributed by atoms with Crippen molar-refractivity contribution >= 4 is 27.0 Å². The average Bonchev–Trinajstić information content (AvgIpc) is 3.22. The Morgan fingerprint density at radius 3 is 2.67 bits per heavy atom. The summed E-state index contributed by atoms with van der Waals surface area (Å²) in [5.41, 5.74) is 0.390. The van der Waals surface area contributed by atoms with Gasteiger partial charge in [0.15, 0.2) is 17.3 Å². The topological polar surface area (TPSA) is 104 Å². The molecule has 0 saturated heterocycles. The smallest absolute Gasteiger partial charge is 0.270 e. The number of hydrogen-bond acceptors (Lipinski definition) is 8. The van der Waals surface area contributed by atoms with E-state index in [0.29, 0.717) is 39.7 Å². The van der Waals surface area contributed by atoms with Gasteiger partial charge >= 0.3 is 0 Å². The van der Waals surface area contributed by atoms with Gasteiger partial charge in [0.25, 0.3) is 15.9 Å². The number of anilines is 1. The predicted octanol–water partition coefficient (Wildman–Crippen LogP) is 3.49. The molecule has 142 valence electrons. The third-order valence-electron chi connectivity index (χ3n) is 4.15. The number of hydrogen-bond donors (Lipinski definition) is 1.